The quantitative estimate of drug-likeness (QED) is 0.484. The van der Waals surface area contributed by atoms with E-state index >= 15 is 0 Å². The monoisotopic (exact) mass is 184 g/mol. The lowest BCUT2D eigenvalue weighted by Gasteiger charge is -2.23. The van der Waals surface area contributed by atoms with Gasteiger partial charge in [0.05, 0.1) is 0 Å². The van der Waals surface area contributed by atoms with Gasteiger partial charge in [0.1, 0.15) is 11.4 Å². The van der Waals surface area contributed by atoms with E-state index < -0.39 is 11.6 Å². The Bertz CT molecular complexity index is 216. The summed E-state index contributed by atoms with van der Waals surface area (Å²) in [7, 11) is 0. The third kappa shape index (κ3) is 5.17. The minimum atomic E-state index is -0.724. The molecule has 0 atom stereocenters. The number of ether oxygens (including phenoxy) is 1. The van der Waals surface area contributed by atoms with Crippen molar-refractivity contribution in [3.8, 4) is 0 Å². The zero-order chi connectivity index (χ0) is 10.5. The molecule has 0 bridgehead atoms. The molecule has 0 heterocycles. The summed E-state index contributed by atoms with van der Waals surface area (Å²) >= 11 is 0. The molecular formula is C10H16O3. The van der Waals surface area contributed by atoms with Crippen LogP contribution in [0.15, 0.2) is 12.7 Å². The van der Waals surface area contributed by atoms with Crippen LogP contribution in [0.25, 0.3) is 0 Å². The van der Waals surface area contributed by atoms with Gasteiger partial charge in [-0.1, -0.05) is 13.5 Å². The first-order chi connectivity index (χ1) is 5.91. The minimum absolute atomic E-state index is 0.0851. The molecule has 13 heavy (non-hydrogen) atoms. The van der Waals surface area contributed by atoms with Crippen molar-refractivity contribution >= 4 is 11.8 Å². The first-order valence-corrected chi connectivity index (χ1v) is 4.28. The van der Waals surface area contributed by atoms with Crippen LogP contribution in [0.1, 0.15) is 33.6 Å². The van der Waals surface area contributed by atoms with Crippen molar-refractivity contribution in [1.29, 1.82) is 0 Å². The molecule has 0 N–H and O–H groups in total. The summed E-state index contributed by atoms with van der Waals surface area (Å²) in [5, 5.41) is 0. The predicted molar refractivity (Wildman–Crippen MR) is 50.3 cm³/mol. The van der Waals surface area contributed by atoms with Crippen LogP contribution in [-0.2, 0) is 14.3 Å². The summed E-state index contributed by atoms with van der Waals surface area (Å²) in [6, 6.07) is 0. The molecule has 0 radical (unpaired) electrons. The van der Waals surface area contributed by atoms with Crippen LogP contribution in [-0.4, -0.2) is 17.4 Å². The van der Waals surface area contributed by atoms with E-state index in [1.165, 1.54) is 0 Å². The number of esters is 1. The van der Waals surface area contributed by atoms with Crippen molar-refractivity contribution in [2.45, 2.75) is 39.2 Å². The Balaban J connectivity index is 4.14. The van der Waals surface area contributed by atoms with Gasteiger partial charge in [0.2, 0.25) is 0 Å². The Morgan fingerprint density at radius 1 is 1.46 bits per heavy atom. The van der Waals surface area contributed by atoms with Crippen molar-refractivity contribution in [3.63, 3.8) is 0 Å². The minimum Gasteiger partial charge on any atom is -0.456 e. The summed E-state index contributed by atoms with van der Waals surface area (Å²) in [5.41, 5.74) is -0.724. The summed E-state index contributed by atoms with van der Waals surface area (Å²) in [6.07, 6.45) is 1.82. The number of hydrogen-bond donors (Lipinski definition) is 0. The highest BCUT2D eigenvalue weighted by Gasteiger charge is 2.24. The summed E-state index contributed by atoms with van der Waals surface area (Å²) in [4.78, 5) is 21.9. The van der Waals surface area contributed by atoms with Crippen LogP contribution in [0.3, 0.4) is 0 Å². The van der Waals surface area contributed by atoms with Crippen molar-refractivity contribution in [1.82, 2.24) is 0 Å². The van der Waals surface area contributed by atoms with Gasteiger partial charge in [0.25, 0.3) is 0 Å². The average Bonchev–Trinajstić information content (AvgIpc) is 2.02. The first kappa shape index (κ1) is 11.9. The van der Waals surface area contributed by atoms with Gasteiger partial charge < -0.3 is 4.74 Å². The highest BCUT2D eigenvalue weighted by atomic mass is 16.6. The first-order valence-electron chi connectivity index (χ1n) is 4.28. The average molecular weight is 184 g/mol. The van der Waals surface area contributed by atoms with Crippen LogP contribution in [0, 0.1) is 0 Å². The second kappa shape index (κ2) is 4.80. The molecular weight excluding hydrogens is 168 g/mol. The second-order valence-corrected chi connectivity index (χ2v) is 3.45. The molecule has 0 aliphatic rings. The Labute approximate surface area is 78.8 Å². The van der Waals surface area contributed by atoms with Crippen molar-refractivity contribution in [2.24, 2.45) is 0 Å². The second-order valence-electron chi connectivity index (χ2n) is 3.45. The van der Waals surface area contributed by atoms with E-state index in [4.69, 9.17) is 4.74 Å². The molecule has 0 aromatic rings. The topological polar surface area (TPSA) is 43.4 Å². The third-order valence-electron chi connectivity index (χ3n) is 1.56. The van der Waals surface area contributed by atoms with E-state index in [1.54, 1.807) is 20.8 Å². The number of carbonyl (C=O) groups excluding carboxylic acids is 2. The summed E-state index contributed by atoms with van der Waals surface area (Å²) in [6.45, 7) is 8.49. The van der Waals surface area contributed by atoms with Crippen LogP contribution < -0.4 is 0 Å². The number of hydrogen-bond acceptors (Lipinski definition) is 3. The maximum absolute atomic E-state index is 11.1. The van der Waals surface area contributed by atoms with Gasteiger partial charge in [-0.3, -0.25) is 4.79 Å². The Kier molecular flexibility index (Phi) is 4.38. The van der Waals surface area contributed by atoms with Crippen molar-refractivity contribution in [2.75, 3.05) is 0 Å². The standard InChI is InChI=1S/C10H16O3/c1-5-8(11)7-10(3,4)13-9(12)6-2/h6H,2,5,7H2,1,3-4H3. The predicted octanol–water partition coefficient (Wildman–Crippen LogP) is 1.86. The Morgan fingerprint density at radius 2 is 2.00 bits per heavy atom. The van der Waals surface area contributed by atoms with Crippen LogP contribution in [0.2, 0.25) is 0 Å². The molecule has 0 fully saturated rings. The van der Waals surface area contributed by atoms with E-state index in [1.807, 2.05) is 0 Å². The fourth-order valence-corrected chi connectivity index (χ4v) is 0.950. The van der Waals surface area contributed by atoms with Crippen LogP contribution >= 0.6 is 0 Å². The van der Waals surface area contributed by atoms with Crippen LogP contribution in [0.5, 0.6) is 0 Å². The fourth-order valence-electron chi connectivity index (χ4n) is 0.950. The molecule has 0 aliphatic heterocycles. The number of rotatable bonds is 5. The third-order valence-corrected chi connectivity index (χ3v) is 1.56. The fraction of sp³-hybridized carbons (Fsp3) is 0.600. The highest BCUT2D eigenvalue weighted by Crippen LogP contribution is 2.16. The molecule has 0 rings (SSSR count). The zero-order valence-electron chi connectivity index (χ0n) is 8.42. The SMILES string of the molecule is C=CC(=O)OC(C)(C)CC(=O)CC. The molecule has 0 unspecified atom stereocenters. The largest absolute Gasteiger partial charge is 0.456 e. The number of carbonyl (C=O) groups is 2. The van der Waals surface area contributed by atoms with Gasteiger partial charge in [-0.25, -0.2) is 4.79 Å². The molecule has 0 aliphatic carbocycles. The summed E-state index contributed by atoms with van der Waals surface area (Å²) < 4.78 is 4.98. The molecule has 0 aromatic carbocycles. The lowest BCUT2D eigenvalue weighted by Crippen LogP contribution is -2.30. The normalized spacial score (nSPS) is 10.7. The van der Waals surface area contributed by atoms with Gasteiger partial charge in [0.15, 0.2) is 0 Å². The smallest absolute Gasteiger partial charge is 0.330 e. The van der Waals surface area contributed by atoms with E-state index in [-0.39, 0.29) is 12.2 Å². The maximum atomic E-state index is 11.1. The van der Waals surface area contributed by atoms with Gasteiger partial charge >= 0.3 is 5.97 Å². The molecule has 0 aromatic heterocycles. The molecule has 0 saturated heterocycles. The Morgan fingerprint density at radius 3 is 2.38 bits per heavy atom. The number of ketones is 1. The lowest BCUT2D eigenvalue weighted by atomic mass is 10.0. The molecule has 0 amide bonds. The van der Waals surface area contributed by atoms with E-state index in [9.17, 15) is 9.59 Å². The highest BCUT2D eigenvalue weighted by molar-refractivity contribution is 5.83. The summed E-state index contributed by atoms with van der Waals surface area (Å²) in [5.74, 6) is -0.407. The Hall–Kier alpha value is -1.12. The van der Waals surface area contributed by atoms with Gasteiger partial charge in [0, 0.05) is 18.9 Å². The van der Waals surface area contributed by atoms with E-state index in [0.29, 0.717) is 6.42 Å². The zero-order valence-corrected chi connectivity index (χ0v) is 8.42. The maximum Gasteiger partial charge on any atom is 0.330 e. The van der Waals surface area contributed by atoms with Crippen molar-refractivity contribution in [3.05, 3.63) is 12.7 Å². The van der Waals surface area contributed by atoms with Gasteiger partial charge in [-0.05, 0) is 13.8 Å². The van der Waals surface area contributed by atoms with Crippen LogP contribution in [0.4, 0.5) is 0 Å². The number of Topliss-reactive ketones (excluding diaryl/α,β-unsaturated/α-hetero) is 1. The molecule has 0 spiro atoms. The van der Waals surface area contributed by atoms with E-state index in [2.05, 4.69) is 6.58 Å². The lowest BCUT2D eigenvalue weighted by molar-refractivity contribution is -0.152. The van der Waals surface area contributed by atoms with Crippen molar-refractivity contribution < 1.29 is 14.3 Å². The van der Waals surface area contributed by atoms with Gasteiger partial charge in [-0.15, -0.1) is 0 Å². The molecule has 0 saturated carbocycles. The molecule has 3 heteroatoms. The van der Waals surface area contributed by atoms with E-state index in [0.717, 1.165) is 6.08 Å². The molecule has 3 nitrogen and oxygen atoms in total. The van der Waals surface area contributed by atoms with Gasteiger partial charge in [-0.2, -0.15) is 0 Å². The molecule has 74 valence electrons.